The molecule has 14 heavy (non-hydrogen) atoms. The Morgan fingerprint density at radius 1 is 1.29 bits per heavy atom. The van der Waals surface area contributed by atoms with Gasteiger partial charge < -0.3 is 5.11 Å². The standard InChI is InChI=1S/C11H22N2O/c1-10(2,3)13-7-11(8-13)9(14)5-6-12(11)4/h9,14H,5-8H2,1-4H3/t9-/m1/s1. The maximum atomic E-state index is 9.99. The Bertz CT molecular complexity index is 216. The van der Waals surface area contributed by atoms with Gasteiger partial charge in [0.1, 0.15) is 0 Å². The number of hydrogen-bond donors (Lipinski definition) is 1. The maximum absolute atomic E-state index is 9.99. The number of hydrogen-bond acceptors (Lipinski definition) is 3. The van der Waals surface area contributed by atoms with Crippen LogP contribution in [-0.4, -0.2) is 58.8 Å². The van der Waals surface area contributed by atoms with Gasteiger partial charge in [-0.1, -0.05) is 0 Å². The van der Waals surface area contributed by atoms with Crippen molar-refractivity contribution in [2.24, 2.45) is 0 Å². The van der Waals surface area contributed by atoms with Crippen LogP contribution < -0.4 is 0 Å². The van der Waals surface area contributed by atoms with Gasteiger partial charge >= 0.3 is 0 Å². The van der Waals surface area contributed by atoms with E-state index < -0.39 is 0 Å². The highest BCUT2D eigenvalue weighted by Crippen LogP contribution is 2.39. The predicted molar refractivity (Wildman–Crippen MR) is 57.3 cm³/mol. The van der Waals surface area contributed by atoms with E-state index in [4.69, 9.17) is 0 Å². The molecule has 1 atom stereocenters. The second-order valence-electron chi connectivity index (χ2n) is 5.86. The van der Waals surface area contributed by atoms with E-state index in [1.165, 1.54) is 0 Å². The molecule has 0 saturated carbocycles. The molecule has 2 heterocycles. The molecule has 1 spiro atoms. The van der Waals surface area contributed by atoms with Crippen molar-refractivity contribution in [2.75, 3.05) is 26.7 Å². The third kappa shape index (κ3) is 1.30. The molecule has 0 radical (unpaired) electrons. The molecule has 2 saturated heterocycles. The molecule has 2 aliphatic rings. The first-order chi connectivity index (χ1) is 6.36. The Hall–Kier alpha value is -0.120. The molecule has 0 unspecified atom stereocenters. The number of rotatable bonds is 0. The average Bonchev–Trinajstić information content (AvgIpc) is 2.22. The lowest BCUT2D eigenvalue weighted by Gasteiger charge is -2.58. The Kier molecular flexibility index (Phi) is 2.18. The van der Waals surface area contributed by atoms with Crippen LogP contribution >= 0.6 is 0 Å². The Labute approximate surface area is 86.7 Å². The minimum Gasteiger partial charge on any atom is -0.391 e. The van der Waals surface area contributed by atoms with Crippen molar-refractivity contribution in [3.63, 3.8) is 0 Å². The molecule has 0 aromatic rings. The van der Waals surface area contributed by atoms with Gasteiger partial charge in [0.2, 0.25) is 0 Å². The quantitative estimate of drug-likeness (QED) is 0.615. The van der Waals surface area contributed by atoms with Crippen LogP contribution in [-0.2, 0) is 0 Å². The lowest BCUT2D eigenvalue weighted by molar-refractivity contribution is -0.111. The predicted octanol–water partition coefficient (Wildman–Crippen LogP) is 0.536. The summed E-state index contributed by atoms with van der Waals surface area (Å²) in [5.41, 5.74) is 0.321. The fourth-order valence-corrected chi connectivity index (χ4v) is 2.60. The second-order valence-corrected chi connectivity index (χ2v) is 5.86. The van der Waals surface area contributed by atoms with E-state index in [1.807, 2.05) is 0 Å². The fourth-order valence-electron chi connectivity index (χ4n) is 2.60. The molecule has 2 aliphatic heterocycles. The van der Waals surface area contributed by atoms with E-state index in [0.29, 0.717) is 0 Å². The minimum absolute atomic E-state index is 0.0767. The van der Waals surface area contributed by atoms with Crippen LogP contribution in [0.2, 0.25) is 0 Å². The van der Waals surface area contributed by atoms with E-state index in [2.05, 4.69) is 37.6 Å². The topological polar surface area (TPSA) is 26.7 Å². The van der Waals surface area contributed by atoms with Crippen LogP contribution in [0.3, 0.4) is 0 Å². The molecule has 0 bridgehead atoms. The zero-order chi connectivity index (χ0) is 10.6. The van der Waals surface area contributed by atoms with E-state index in [1.54, 1.807) is 0 Å². The van der Waals surface area contributed by atoms with E-state index in [9.17, 15) is 5.11 Å². The van der Waals surface area contributed by atoms with Crippen molar-refractivity contribution in [3.8, 4) is 0 Å². The molecule has 2 fully saturated rings. The highest BCUT2D eigenvalue weighted by Gasteiger charge is 2.56. The number of likely N-dealkylation sites (N-methyl/N-ethyl adjacent to an activating group) is 1. The Morgan fingerprint density at radius 3 is 2.21 bits per heavy atom. The average molecular weight is 198 g/mol. The van der Waals surface area contributed by atoms with Gasteiger partial charge in [-0.25, -0.2) is 0 Å². The summed E-state index contributed by atoms with van der Waals surface area (Å²) in [4.78, 5) is 4.78. The fraction of sp³-hybridized carbons (Fsp3) is 1.00. The summed E-state index contributed by atoms with van der Waals surface area (Å²) in [5, 5.41) is 9.99. The lowest BCUT2D eigenvalue weighted by Crippen LogP contribution is -2.74. The van der Waals surface area contributed by atoms with Crippen molar-refractivity contribution in [1.29, 1.82) is 0 Å². The first kappa shape index (κ1) is 10.4. The van der Waals surface area contributed by atoms with Crippen LogP contribution in [0.25, 0.3) is 0 Å². The molecule has 3 heteroatoms. The third-order valence-electron chi connectivity index (χ3n) is 4.00. The van der Waals surface area contributed by atoms with E-state index in [0.717, 1.165) is 26.1 Å². The summed E-state index contributed by atoms with van der Waals surface area (Å²) in [6.07, 6.45) is 0.820. The largest absolute Gasteiger partial charge is 0.391 e. The van der Waals surface area contributed by atoms with Crippen molar-refractivity contribution in [1.82, 2.24) is 9.80 Å². The summed E-state index contributed by atoms with van der Waals surface area (Å²) in [6, 6.07) is 0. The highest BCUT2D eigenvalue weighted by molar-refractivity contribution is 5.13. The molecule has 1 N–H and O–H groups in total. The lowest BCUT2D eigenvalue weighted by atomic mass is 9.81. The van der Waals surface area contributed by atoms with Crippen LogP contribution in [0.15, 0.2) is 0 Å². The summed E-state index contributed by atoms with van der Waals surface area (Å²) in [6.45, 7) is 9.80. The van der Waals surface area contributed by atoms with Gasteiger partial charge in [-0.3, -0.25) is 9.80 Å². The van der Waals surface area contributed by atoms with Crippen molar-refractivity contribution in [3.05, 3.63) is 0 Å². The number of aliphatic hydroxyl groups excluding tert-OH is 1. The van der Waals surface area contributed by atoms with E-state index >= 15 is 0 Å². The molecular weight excluding hydrogens is 176 g/mol. The maximum Gasteiger partial charge on any atom is 0.0761 e. The molecule has 0 aromatic carbocycles. The second kappa shape index (κ2) is 2.94. The van der Waals surface area contributed by atoms with Gasteiger partial charge in [-0.2, -0.15) is 0 Å². The van der Waals surface area contributed by atoms with Crippen LogP contribution in [0.5, 0.6) is 0 Å². The third-order valence-corrected chi connectivity index (χ3v) is 4.00. The molecule has 82 valence electrons. The minimum atomic E-state index is -0.119. The van der Waals surface area contributed by atoms with Crippen molar-refractivity contribution >= 4 is 0 Å². The van der Waals surface area contributed by atoms with Crippen molar-refractivity contribution in [2.45, 2.75) is 44.4 Å². The molecule has 0 amide bonds. The SMILES string of the molecule is CN1CC[C@@H](O)C12CN(C(C)(C)C)C2. The highest BCUT2D eigenvalue weighted by atomic mass is 16.3. The Balaban J connectivity index is 2.04. The Morgan fingerprint density at radius 2 is 1.86 bits per heavy atom. The molecule has 0 aliphatic carbocycles. The van der Waals surface area contributed by atoms with Crippen molar-refractivity contribution < 1.29 is 5.11 Å². The van der Waals surface area contributed by atoms with Crippen LogP contribution in [0, 0.1) is 0 Å². The summed E-state index contributed by atoms with van der Waals surface area (Å²) in [7, 11) is 2.14. The van der Waals surface area contributed by atoms with Gasteiger partial charge in [-0.05, 0) is 34.2 Å². The number of likely N-dealkylation sites (tertiary alicyclic amines) is 2. The first-order valence-corrected chi connectivity index (χ1v) is 5.51. The summed E-state index contributed by atoms with van der Waals surface area (Å²) in [5.74, 6) is 0. The first-order valence-electron chi connectivity index (χ1n) is 5.51. The monoisotopic (exact) mass is 198 g/mol. The zero-order valence-corrected chi connectivity index (χ0v) is 9.75. The molecule has 3 nitrogen and oxygen atoms in total. The van der Waals surface area contributed by atoms with Crippen LogP contribution in [0.4, 0.5) is 0 Å². The van der Waals surface area contributed by atoms with Gasteiger partial charge in [0.05, 0.1) is 11.6 Å². The van der Waals surface area contributed by atoms with E-state index in [-0.39, 0.29) is 17.2 Å². The van der Waals surface area contributed by atoms with Gasteiger partial charge in [0, 0.05) is 25.2 Å². The summed E-state index contributed by atoms with van der Waals surface area (Å²) < 4.78 is 0. The number of aliphatic hydroxyl groups is 1. The van der Waals surface area contributed by atoms with Gasteiger partial charge in [0.25, 0.3) is 0 Å². The molecule has 0 aromatic heterocycles. The smallest absolute Gasteiger partial charge is 0.0761 e. The van der Waals surface area contributed by atoms with Crippen LogP contribution in [0.1, 0.15) is 27.2 Å². The molecular formula is C11H22N2O. The van der Waals surface area contributed by atoms with Gasteiger partial charge in [-0.15, -0.1) is 0 Å². The van der Waals surface area contributed by atoms with Gasteiger partial charge in [0.15, 0.2) is 0 Å². The number of nitrogens with zero attached hydrogens (tertiary/aromatic N) is 2. The molecule has 2 rings (SSSR count). The zero-order valence-electron chi connectivity index (χ0n) is 9.75. The normalized spacial score (nSPS) is 33.6. The summed E-state index contributed by atoms with van der Waals surface area (Å²) >= 11 is 0.